The van der Waals surface area contributed by atoms with Crippen molar-refractivity contribution in [2.45, 2.75) is 374 Å². The second-order valence-electron chi connectivity index (χ2n) is 22.7. The first-order valence-electron chi connectivity index (χ1n) is 33.5. The van der Waals surface area contributed by atoms with Gasteiger partial charge in [-0.15, -0.1) is 0 Å². The molecule has 0 spiro atoms. The molecule has 0 saturated carbocycles. The number of ether oxygens (including phenoxy) is 3. The first-order chi connectivity index (χ1) is 37.0. The minimum Gasteiger partial charge on any atom is -0.462 e. The Morgan fingerprint density at radius 2 is 0.520 bits per heavy atom. The van der Waals surface area contributed by atoms with Gasteiger partial charge in [-0.3, -0.25) is 14.4 Å². The minimum absolute atomic E-state index is 0.0707. The molecule has 1 unspecified atom stereocenters. The SMILES string of the molecule is CC/C=C\C/C=C\C/C=C\CCCCCCCCCC(=O)OC(COC(=O)CCCCCCCCCCCCCCCC)COC(=O)CCCCCCCCCCCCCCCCCCCCCCCCCCCC. The lowest BCUT2D eigenvalue weighted by molar-refractivity contribution is -0.167. The van der Waals surface area contributed by atoms with Gasteiger partial charge in [0.05, 0.1) is 0 Å². The summed E-state index contributed by atoms with van der Waals surface area (Å²) in [6.07, 6.45) is 78.8. The highest BCUT2D eigenvalue weighted by atomic mass is 16.6. The predicted octanol–water partition coefficient (Wildman–Crippen LogP) is 22.8. The summed E-state index contributed by atoms with van der Waals surface area (Å²) in [6.45, 7) is 6.59. The molecule has 0 heterocycles. The number of hydrogen-bond acceptors (Lipinski definition) is 6. The number of carbonyl (C=O) groups is 3. The average Bonchev–Trinajstić information content (AvgIpc) is 3.41. The standard InChI is InChI=1S/C69H128O6/c1-4-7-10-13-16-19-22-25-28-30-31-32-33-34-35-36-37-38-40-41-44-47-50-53-56-59-62-68(71)74-65-66(64-73-67(70)61-58-55-52-49-46-43-27-24-21-18-15-12-9-6-3)75-69(72)63-60-57-54-51-48-45-42-39-29-26-23-20-17-14-11-8-5-2/h8,11,17,20,26,29,66H,4-7,9-10,12-16,18-19,21-25,27-28,30-65H2,1-3H3/b11-8-,20-17-,29-26-. The monoisotopic (exact) mass is 1050 g/mol. The smallest absolute Gasteiger partial charge is 0.306 e. The van der Waals surface area contributed by atoms with Crippen molar-refractivity contribution >= 4 is 17.9 Å². The Morgan fingerprint density at radius 1 is 0.280 bits per heavy atom. The third-order valence-corrected chi connectivity index (χ3v) is 15.2. The number of rotatable bonds is 62. The Kier molecular flexibility index (Phi) is 62.1. The van der Waals surface area contributed by atoms with E-state index >= 15 is 0 Å². The lowest BCUT2D eigenvalue weighted by atomic mass is 10.0. The van der Waals surface area contributed by atoms with Crippen LogP contribution in [0.25, 0.3) is 0 Å². The van der Waals surface area contributed by atoms with Crippen molar-refractivity contribution < 1.29 is 28.6 Å². The summed E-state index contributed by atoms with van der Waals surface area (Å²) in [6, 6.07) is 0. The molecule has 0 amide bonds. The van der Waals surface area contributed by atoms with Gasteiger partial charge in [0.2, 0.25) is 0 Å². The molecule has 0 fully saturated rings. The van der Waals surface area contributed by atoms with Gasteiger partial charge in [-0.05, 0) is 51.4 Å². The van der Waals surface area contributed by atoms with Crippen molar-refractivity contribution in [1.82, 2.24) is 0 Å². The molecule has 6 heteroatoms. The van der Waals surface area contributed by atoms with E-state index in [-0.39, 0.29) is 31.1 Å². The molecule has 0 aromatic carbocycles. The lowest BCUT2D eigenvalue weighted by Crippen LogP contribution is -2.30. The molecule has 0 aliphatic rings. The molecule has 75 heavy (non-hydrogen) atoms. The largest absolute Gasteiger partial charge is 0.462 e. The third kappa shape index (κ3) is 62.4. The highest BCUT2D eigenvalue weighted by Gasteiger charge is 2.19. The summed E-state index contributed by atoms with van der Waals surface area (Å²) in [7, 11) is 0. The van der Waals surface area contributed by atoms with Crippen molar-refractivity contribution in [3.8, 4) is 0 Å². The van der Waals surface area contributed by atoms with Crippen molar-refractivity contribution in [3.05, 3.63) is 36.5 Å². The number of carbonyl (C=O) groups excluding carboxylic acids is 3. The third-order valence-electron chi connectivity index (χ3n) is 15.2. The van der Waals surface area contributed by atoms with E-state index in [0.717, 1.165) is 83.5 Å². The van der Waals surface area contributed by atoms with Crippen LogP contribution in [0.15, 0.2) is 36.5 Å². The summed E-state index contributed by atoms with van der Waals surface area (Å²) in [5, 5.41) is 0. The van der Waals surface area contributed by atoms with Gasteiger partial charge in [-0.1, -0.05) is 333 Å². The van der Waals surface area contributed by atoms with Crippen molar-refractivity contribution in [1.29, 1.82) is 0 Å². The van der Waals surface area contributed by atoms with Gasteiger partial charge in [-0.2, -0.15) is 0 Å². The Hall–Kier alpha value is -2.37. The Morgan fingerprint density at radius 3 is 0.813 bits per heavy atom. The maximum Gasteiger partial charge on any atom is 0.306 e. The molecule has 0 radical (unpaired) electrons. The second-order valence-corrected chi connectivity index (χ2v) is 22.7. The number of hydrogen-bond donors (Lipinski definition) is 0. The molecule has 0 aromatic rings. The Labute approximate surface area is 467 Å². The van der Waals surface area contributed by atoms with Crippen LogP contribution in [0.5, 0.6) is 0 Å². The topological polar surface area (TPSA) is 78.9 Å². The predicted molar refractivity (Wildman–Crippen MR) is 326 cm³/mol. The van der Waals surface area contributed by atoms with Gasteiger partial charge >= 0.3 is 17.9 Å². The molecular formula is C69H128O6. The first kappa shape index (κ1) is 72.6. The summed E-state index contributed by atoms with van der Waals surface area (Å²) in [4.78, 5) is 38.3. The van der Waals surface area contributed by atoms with E-state index < -0.39 is 6.10 Å². The molecule has 1 atom stereocenters. The van der Waals surface area contributed by atoms with Gasteiger partial charge in [0.1, 0.15) is 13.2 Å². The number of unbranched alkanes of at least 4 members (excludes halogenated alkanes) is 45. The molecular weight excluding hydrogens is 925 g/mol. The van der Waals surface area contributed by atoms with Crippen LogP contribution in [0.4, 0.5) is 0 Å². The van der Waals surface area contributed by atoms with Crippen LogP contribution in [0.3, 0.4) is 0 Å². The van der Waals surface area contributed by atoms with Gasteiger partial charge < -0.3 is 14.2 Å². The number of esters is 3. The quantitative estimate of drug-likeness (QED) is 0.0261. The molecule has 0 N–H and O–H groups in total. The zero-order chi connectivity index (χ0) is 54.3. The van der Waals surface area contributed by atoms with Gasteiger partial charge in [0.25, 0.3) is 0 Å². The fraction of sp³-hybridized carbons (Fsp3) is 0.870. The van der Waals surface area contributed by atoms with E-state index in [1.807, 2.05) is 0 Å². The second kappa shape index (κ2) is 64.2. The molecule has 0 aromatic heterocycles. The summed E-state index contributed by atoms with van der Waals surface area (Å²) >= 11 is 0. The van der Waals surface area contributed by atoms with Crippen LogP contribution in [0, 0.1) is 0 Å². The van der Waals surface area contributed by atoms with Crippen molar-refractivity contribution in [2.24, 2.45) is 0 Å². The van der Waals surface area contributed by atoms with Crippen molar-refractivity contribution in [3.63, 3.8) is 0 Å². The molecule has 440 valence electrons. The normalized spacial score (nSPS) is 12.2. The van der Waals surface area contributed by atoms with Gasteiger partial charge in [-0.25, -0.2) is 0 Å². The van der Waals surface area contributed by atoms with E-state index in [1.54, 1.807) is 0 Å². The number of allylic oxidation sites excluding steroid dienone is 6. The fourth-order valence-corrected chi connectivity index (χ4v) is 10.2. The van der Waals surface area contributed by atoms with Crippen LogP contribution in [0.1, 0.15) is 367 Å². The van der Waals surface area contributed by atoms with E-state index in [2.05, 4.69) is 57.2 Å². The highest BCUT2D eigenvalue weighted by molar-refractivity contribution is 5.71. The summed E-state index contributed by atoms with van der Waals surface area (Å²) in [5.74, 6) is -0.854. The lowest BCUT2D eigenvalue weighted by Gasteiger charge is -2.18. The van der Waals surface area contributed by atoms with Crippen LogP contribution in [-0.2, 0) is 28.6 Å². The summed E-state index contributed by atoms with van der Waals surface area (Å²) < 4.78 is 17.0. The molecule has 0 bridgehead atoms. The van der Waals surface area contributed by atoms with Crippen molar-refractivity contribution in [2.75, 3.05) is 13.2 Å². The minimum atomic E-state index is -0.774. The summed E-state index contributed by atoms with van der Waals surface area (Å²) in [5.41, 5.74) is 0. The molecule has 0 aliphatic heterocycles. The molecule has 0 rings (SSSR count). The Balaban J connectivity index is 4.22. The maximum atomic E-state index is 12.9. The average molecular weight is 1050 g/mol. The van der Waals surface area contributed by atoms with Crippen LogP contribution in [0.2, 0.25) is 0 Å². The van der Waals surface area contributed by atoms with E-state index in [9.17, 15) is 14.4 Å². The molecule has 0 aliphatic carbocycles. The zero-order valence-corrected chi connectivity index (χ0v) is 50.6. The fourth-order valence-electron chi connectivity index (χ4n) is 10.2. The van der Waals surface area contributed by atoms with Gasteiger partial charge in [0.15, 0.2) is 6.10 Å². The van der Waals surface area contributed by atoms with E-state index in [1.165, 1.54) is 244 Å². The van der Waals surface area contributed by atoms with Crippen LogP contribution in [-0.4, -0.2) is 37.2 Å². The maximum absolute atomic E-state index is 12.9. The van der Waals surface area contributed by atoms with Crippen LogP contribution < -0.4 is 0 Å². The van der Waals surface area contributed by atoms with E-state index in [0.29, 0.717) is 19.3 Å². The van der Waals surface area contributed by atoms with Gasteiger partial charge in [0, 0.05) is 19.3 Å². The molecule has 6 nitrogen and oxygen atoms in total. The zero-order valence-electron chi connectivity index (χ0n) is 50.6. The van der Waals surface area contributed by atoms with Crippen LogP contribution >= 0.6 is 0 Å². The van der Waals surface area contributed by atoms with E-state index in [4.69, 9.17) is 14.2 Å². The Bertz CT molecular complexity index is 1250. The molecule has 0 saturated heterocycles. The first-order valence-corrected chi connectivity index (χ1v) is 33.5. The highest BCUT2D eigenvalue weighted by Crippen LogP contribution is 2.18.